The van der Waals surface area contributed by atoms with Gasteiger partial charge in [-0.25, -0.2) is 0 Å². The maximum Gasteiger partial charge on any atom is 0.323 e. The molecule has 0 radical (unpaired) electrons. The number of carbonyl (C=O) groups excluding carboxylic acids is 2. The molecule has 5 atom stereocenters. The molecule has 4 N–H and O–H groups in total. The Morgan fingerprint density at radius 3 is 1.63 bits per heavy atom. The van der Waals surface area contributed by atoms with Gasteiger partial charge in [0.1, 0.15) is 5.54 Å². The fraction of sp³-hybridized carbons (Fsp3) is 0.833. The van der Waals surface area contributed by atoms with Crippen LogP contribution >= 0.6 is 17.5 Å². The van der Waals surface area contributed by atoms with E-state index < -0.39 is 17.0 Å². The third-order valence-electron chi connectivity index (χ3n) is 4.64. The van der Waals surface area contributed by atoms with Crippen molar-refractivity contribution in [2.75, 3.05) is 13.3 Å². The van der Waals surface area contributed by atoms with Gasteiger partial charge in [0.15, 0.2) is 5.78 Å². The van der Waals surface area contributed by atoms with E-state index in [9.17, 15) is 14.4 Å². The number of carbonyl (C=O) groups is 3. The highest BCUT2D eigenvalue weighted by atomic mass is 31.1. The van der Waals surface area contributed by atoms with Crippen LogP contribution in [-0.2, 0) is 14.4 Å². The maximum absolute atomic E-state index is 12.2. The number of hydrogen-bond donors (Lipinski definition) is 4. The van der Waals surface area contributed by atoms with Crippen LogP contribution in [0.5, 0.6) is 0 Å². The lowest BCUT2D eigenvalue weighted by Crippen LogP contribution is -2.55. The van der Waals surface area contributed by atoms with E-state index in [4.69, 9.17) is 5.11 Å². The Hall–Kier alpha value is -0.610. The van der Waals surface area contributed by atoms with Gasteiger partial charge in [0.2, 0.25) is 5.91 Å². The van der Waals surface area contributed by atoms with Crippen LogP contribution in [0.25, 0.3) is 0 Å². The summed E-state index contributed by atoms with van der Waals surface area (Å²) < 4.78 is 0. The highest BCUT2D eigenvalue weighted by Crippen LogP contribution is 2.16. The number of Topliss-reactive ketones (excluding diaryl/α,β-unsaturated/α-hetero) is 1. The number of amides is 1. The lowest BCUT2D eigenvalue weighted by atomic mass is 9.98. The van der Waals surface area contributed by atoms with E-state index in [2.05, 4.69) is 15.5 Å². The van der Waals surface area contributed by atoms with Crippen LogP contribution in [0.3, 0.4) is 0 Å². The first kappa shape index (κ1) is 28.6. The van der Waals surface area contributed by atoms with Gasteiger partial charge in [-0.05, 0) is 46.4 Å². The van der Waals surface area contributed by atoms with E-state index in [0.717, 1.165) is 0 Å². The predicted molar refractivity (Wildman–Crippen MR) is 117 cm³/mol. The highest BCUT2D eigenvalue weighted by Gasteiger charge is 2.32. The molecule has 5 unspecified atom stereocenters. The van der Waals surface area contributed by atoms with Crippen molar-refractivity contribution in [2.45, 2.75) is 84.3 Å². The molecule has 0 rings (SSSR count). The zero-order valence-electron chi connectivity index (χ0n) is 18.1. The molecule has 7 nitrogen and oxygen atoms in total. The van der Waals surface area contributed by atoms with Crippen LogP contribution in [-0.4, -0.2) is 53.2 Å². The number of carboxylic acids is 1. The number of nitrogens with one attached hydrogen (secondary N) is 3. The van der Waals surface area contributed by atoms with Crippen LogP contribution in [0.1, 0.15) is 67.2 Å². The second kappa shape index (κ2) is 14.4. The lowest BCUT2D eigenvalue weighted by molar-refractivity contribution is -0.143. The molecule has 0 fully saturated rings. The quantitative estimate of drug-likeness (QED) is 0.360. The normalized spacial score (nSPS) is 17.0. The summed E-state index contributed by atoms with van der Waals surface area (Å²) in [6.45, 7) is 15.1. The van der Waals surface area contributed by atoms with E-state index in [-0.39, 0.29) is 17.7 Å². The molecule has 0 aromatic rings. The van der Waals surface area contributed by atoms with Gasteiger partial charge in [-0.1, -0.05) is 45.2 Å². The molecule has 9 heteroatoms. The molecular formula is C18H39N3O4P2. The van der Waals surface area contributed by atoms with Gasteiger partial charge in [0.25, 0.3) is 0 Å². The van der Waals surface area contributed by atoms with E-state index in [1.165, 1.54) is 0 Å². The van der Waals surface area contributed by atoms with Crippen LogP contribution in [0.15, 0.2) is 0 Å². The Balaban J connectivity index is 0. The summed E-state index contributed by atoms with van der Waals surface area (Å²) in [5.41, 5.74) is -1.30. The molecule has 160 valence electrons. The molecule has 0 bridgehead atoms. The number of hydrogen-bond acceptors (Lipinski definition) is 5. The molecule has 0 aliphatic heterocycles. The minimum absolute atomic E-state index is 0.0806. The third-order valence-corrected chi connectivity index (χ3v) is 6.24. The van der Waals surface area contributed by atoms with E-state index in [0.29, 0.717) is 43.1 Å². The number of ketones is 1. The molecule has 0 heterocycles. The van der Waals surface area contributed by atoms with Crippen molar-refractivity contribution in [2.24, 2.45) is 0 Å². The first-order valence-electron chi connectivity index (χ1n) is 9.46. The Morgan fingerprint density at radius 1 is 0.926 bits per heavy atom. The first-order valence-corrected chi connectivity index (χ1v) is 12.5. The van der Waals surface area contributed by atoms with Gasteiger partial charge in [-0.2, -0.15) is 0 Å². The molecular weight excluding hydrogens is 384 g/mol. The Labute approximate surface area is 168 Å². The van der Waals surface area contributed by atoms with Crippen molar-refractivity contribution in [3.63, 3.8) is 0 Å². The van der Waals surface area contributed by atoms with Gasteiger partial charge < -0.3 is 10.4 Å². The van der Waals surface area contributed by atoms with Gasteiger partial charge in [-0.15, -0.1) is 0 Å². The molecule has 0 aliphatic carbocycles. The summed E-state index contributed by atoms with van der Waals surface area (Å²) in [6.07, 6.45) is 2.43. The highest BCUT2D eigenvalue weighted by molar-refractivity contribution is 7.34. The number of rotatable bonds is 12. The predicted octanol–water partition coefficient (Wildman–Crippen LogP) is 2.89. The van der Waals surface area contributed by atoms with Crippen molar-refractivity contribution in [3.8, 4) is 0 Å². The zero-order valence-corrected chi connectivity index (χ0v) is 20.1. The van der Waals surface area contributed by atoms with Crippen LogP contribution in [0, 0.1) is 0 Å². The van der Waals surface area contributed by atoms with Crippen LogP contribution in [0.2, 0.25) is 0 Å². The van der Waals surface area contributed by atoms with Crippen molar-refractivity contribution in [3.05, 3.63) is 0 Å². The minimum atomic E-state index is -0.774. The summed E-state index contributed by atoms with van der Waals surface area (Å²) in [5, 5.41) is 17.7. The molecule has 0 spiro atoms. The summed E-state index contributed by atoms with van der Waals surface area (Å²) in [5.74, 6) is -0.759. The topological polar surface area (TPSA) is 108 Å². The standard InChI is InChI=1S/C12H25N2O2P.C6H14NO2P/c1-6-9(10(15)7-2)13-11(16)12(4,8-3)14-17-5;1-4-6(2,5(8)9)7-10-3/h9,14,17H,6-8H2,1-5H3,(H,13,16);7,10H,4H2,1-3H3,(H,8,9). The Kier molecular flexibility index (Phi) is 15.2. The van der Waals surface area contributed by atoms with E-state index >= 15 is 0 Å². The van der Waals surface area contributed by atoms with Gasteiger partial charge in [0.05, 0.1) is 11.6 Å². The first-order chi connectivity index (χ1) is 12.5. The monoisotopic (exact) mass is 423 g/mol. The largest absolute Gasteiger partial charge is 0.480 e. The molecule has 0 saturated carbocycles. The number of carboxylic acid groups (broad SMARTS) is 1. The van der Waals surface area contributed by atoms with E-state index in [1.807, 2.05) is 47.9 Å². The third kappa shape index (κ3) is 9.94. The number of aliphatic carboxylic acids is 1. The van der Waals surface area contributed by atoms with Gasteiger partial charge >= 0.3 is 5.97 Å². The lowest BCUT2D eigenvalue weighted by Gasteiger charge is -2.29. The maximum atomic E-state index is 12.2. The molecule has 0 aliphatic rings. The summed E-state index contributed by atoms with van der Waals surface area (Å²) in [7, 11) is 0.983. The average molecular weight is 423 g/mol. The summed E-state index contributed by atoms with van der Waals surface area (Å²) in [4.78, 5) is 34.4. The Morgan fingerprint density at radius 2 is 1.37 bits per heavy atom. The molecule has 1 amide bonds. The SMILES string of the molecule is CCC(=O)C(CC)NC(=O)C(C)(CC)NPC.CCC(C)(NPC)C(=O)O. The fourth-order valence-corrected chi connectivity index (χ4v) is 3.80. The molecule has 0 aromatic carbocycles. The summed E-state index contributed by atoms with van der Waals surface area (Å²) in [6, 6.07) is -0.347. The summed E-state index contributed by atoms with van der Waals surface area (Å²) >= 11 is 0. The fourth-order valence-electron chi connectivity index (χ4n) is 2.12. The van der Waals surface area contributed by atoms with Crippen LogP contribution in [0.4, 0.5) is 0 Å². The van der Waals surface area contributed by atoms with Gasteiger partial charge in [-0.3, -0.25) is 24.6 Å². The Bertz CT molecular complexity index is 480. The van der Waals surface area contributed by atoms with Crippen LogP contribution < -0.4 is 15.5 Å². The van der Waals surface area contributed by atoms with Crippen molar-refractivity contribution in [1.82, 2.24) is 15.5 Å². The second-order valence-electron chi connectivity index (χ2n) is 6.68. The van der Waals surface area contributed by atoms with E-state index in [1.54, 1.807) is 6.92 Å². The zero-order chi connectivity index (χ0) is 21.7. The molecule has 0 saturated heterocycles. The van der Waals surface area contributed by atoms with Crippen molar-refractivity contribution in [1.29, 1.82) is 0 Å². The average Bonchev–Trinajstić information content (AvgIpc) is 2.65. The van der Waals surface area contributed by atoms with Gasteiger partial charge in [0, 0.05) is 6.42 Å². The van der Waals surface area contributed by atoms with Crippen molar-refractivity contribution >= 4 is 35.1 Å². The minimum Gasteiger partial charge on any atom is -0.480 e. The second-order valence-corrected chi connectivity index (χ2v) is 8.18. The molecule has 0 aromatic heterocycles. The molecule has 27 heavy (non-hydrogen) atoms. The van der Waals surface area contributed by atoms with Crippen molar-refractivity contribution < 1.29 is 19.5 Å². The smallest absolute Gasteiger partial charge is 0.323 e.